The number of aromatic amines is 1. The van der Waals surface area contributed by atoms with E-state index in [2.05, 4.69) is 32.0 Å². The molecule has 0 bridgehead atoms. The van der Waals surface area contributed by atoms with Gasteiger partial charge in [-0.1, -0.05) is 6.92 Å². The van der Waals surface area contributed by atoms with E-state index in [9.17, 15) is 8.78 Å². The van der Waals surface area contributed by atoms with E-state index in [0.717, 1.165) is 56.7 Å². The lowest BCUT2D eigenvalue weighted by atomic mass is 9.92. The summed E-state index contributed by atoms with van der Waals surface area (Å²) in [7, 11) is 0. The van der Waals surface area contributed by atoms with E-state index >= 15 is 0 Å². The molecule has 1 aliphatic heterocycles. The van der Waals surface area contributed by atoms with Crippen LogP contribution in [0.4, 0.5) is 14.7 Å². The highest BCUT2D eigenvalue weighted by Gasteiger charge is 2.21. The molecule has 1 saturated heterocycles. The number of piperidine rings is 1. The molecule has 3 heterocycles. The first-order valence-corrected chi connectivity index (χ1v) is 11.9. The molecule has 4 rings (SSSR count). The summed E-state index contributed by atoms with van der Waals surface area (Å²) < 4.78 is 34.8. The van der Waals surface area contributed by atoms with Gasteiger partial charge in [-0.25, -0.2) is 18.7 Å². The number of rotatable bonds is 10. The van der Waals surface area contributed by atoms with Crippen molar-refractivity contribution in [1.82, 2.24) is 20.2 Å². The summed E-state index contributed by atoms with van der Waals surface area (Å²) in [6.45, 7) is 4.29. The molecule has 34 heavy (non-hydrogen) atoms. The van der Waals surface area contributed by atoms with Gasteiger partial charge in [0.1, 0.15) is 17.4 Å². The monoisotopic (exact) mass is 471 g/mol. The molecule has 3 aromatic rings. The number of benzene rings is 1. The summed E-state index contributed by atoms with van der Waals surface area (Å²) in [5, 5.41) is 15.6. The number of hydrogen-bond donors (Lipinski definition) is 2. The summed E-state index contributed by atoms with van der Waals surface area (Å²) in [5.41, 5.74) is 1.72. The zero-order chi connectivity index (χ0) is 23.9. The minimum atomic E-state index is -0.724. The average molecular weight is 472 g/mol. The normalized spacial score (nSPS) is 14.5. The number of halogens is 2. The molecule has 2 N–H and O–H groups in total. The number of nitrogens with one attached hydrogen (secondary N) is 1. The van der Waals surface area contributed by atoms with Gasteiger partial charge in [-0.2, -0.15) is 5.10 Å². The summed E-state index contributed by atoms with van der Waals surface area (Å²) in [6.07, 6.45) is 9.04. The molecule has 0 radical (unpaired) electrons. The lowest BCUT2D eigenvalue weighted by molar-refractivity contribution is 0.277. The number of nitrogens with zero attached hydrogens (tertiary/aromatic N) is 4. The third-order valence-corrected chi connectivity index (χ3v) is 6.31. The Morgan fingerprint density at radius 1 is 1.12 bits per heavy atom. The second kappa shape index (κ2) is 11.4. The fourth-order valence-corrected chi connectivity index (χ4v) is 4.29. The summed E-state index contributed by atoms with van der Waals surface area (Å²) in [5.74, 6) is 0.119. The van der Waals surface area contributed by atoms with Gasteiger partial charge in [0.05, 0.1) is 17.9 Å². The van der Waals surface area contributed by atoms with Gasteiger partial charge in [0.25, 0.3) is 0 Å². The van der Waals surface area contributed by atoms with Gasteiger partial charge in [0.15, 0.2) is 0 Å². The van der Waals surface area contributed by atoms with Crippen LogP contribution in [0.1, 0.15) is 43.9 Å². The minimum absolute atomic E-state index is 0.0697. The van der Waals surface area contributed by atoms with Crippen molar-refractivity contribution < 1.29 is 18.6 Å². The predicted molar refractivity (Wildman–Crippen MR) is 126 cm³/mol. The molecule has 7 nitrogen and oxygen atoms in total. The lowest BCUT2D eigenvalue weighted by Crippen LogP contribution is -2.35. The highest BCUT2D eigenvalue weighted by atomic mass is 19.1. The first kappa shape index (κ1) is 24.1. The van der Waals surface area contributed by atoms with Crippen molar-refractivity contribution in [3.8, 4) is 17.0 Å². The third-order valence-electron chi connectivity index (χ3n) is 6.31. The smallest absolute Gasteiger partial charge is 0.225 e. The van der Waals surface area contributed by atoms with Gasteiger partial charge in [-0.3, -0.25) is 5.10 Å². The summed E-state index contributed by atoms with van der Waals surface area (Å²) in [6, 6.07) is 3.93. The average Bonchev–Trinajstić information content (AvgIpc) is 3.30. The number of aryl methyl sites for hydroxylation is 1. The molecule has 1 fully saturated rings. The molecule has 0 spiro atoms. The van der Waals surface area contributed by atoms with E-state index in [-0.39, 0.29) is 23.6 Å². The lowest BCUT2D eigenvalue weighted by Gasteiger charge is -2.32. The van der Waals surface area contributed by atoms with Crippen molar-refractivity contribution in [3.05, 3.63) is 53.5 Å². The van der Waals surface area contributed by atoms with Crippen LogP contribution in [-0.2, 0) is 12.8 Å². The van der Waals surface area contributed by atoms with Crippen LogP contribution in [0.25, 0.3) is 11.3 Å². The summed E-state index contributed by atoms with van der Waals surface area (Å²) >= 11 is 0. The minimum Gasteiger partial charge on any atom is -0.493 e. The number of H-pyrrole nitrogens is 1. The van der Waals surface area contributed by atoms with E-state index in [1.54, 1.807) is 0 Å². The Hall–Kier alpha value is -3.07. The molecule has 2 aromatic heterocycles. The van der Waals surface area contributed by atoms with E-state index in [4.69, 9.17) is 9.84 Å². The molecular formula is C25H31F2N5O2. The fourth-order valence-electron chi connectivity index (χ4n) is 4.29. The number of aromatic nitrogens is 4. The van der Waals surface area contributed by atoms with Crippen LogP contribution in [0.2, 0.25) is 0 Å². The van der Waals surface area contributed by atoms with Gasteiger partial charge >= 0.3 is 0 Å². The molecule has 9 heteroatoms. The van der Waals surface area contributed by atoms with Crippen molar-refractivity contribution in [3.63, 3.8) is 0 Å². The predicted octanol–water partition coefficient (Wildman–Crippen LogP) is 4.32. The Morgan fingerprint density at radius 2 is 1.82 bits per heavy atom. The fraction of sp³-hybridized carbons (Fsp3) is 0.480. The maximum absolute atomic E-state index is 14.6. The molecular weight excluding hydrogens is 440 g/mol. The van der Waals surface area contributed by atoms with Crippen molar-refractivity contribution >= 4 is 5.95 Å². The molecule has 0 saturated carbocycles. The van der Waals surface area contributed by atoms with Gasteiger partial charge in [0.2, 0.25) is 5.95 Å². The highest BCUT2D eigenvalue weighted by molar-refractivity contribution is 5.62. The molecule has 182 valence electrons. The Bertz CT molecular complexity index is 1040. The molecule has 0 atom stereocenters. The highest BCUT2D eigenvalue weighted by Crippen LogP contribution is 2.30. The molecule has 0 unspecified atom stereocenters. The quantitative estimate of drug-likeness (QED) is 0.429. The van der Waals surface area contributed by atoms with Crippen LogP contribution in [0.15, 0.2) is 30.6 Å². The molecule has 0 aliphatic carbocycles. The number of anilines is 1. The van der Waals surface area contributed by atoms with E-state index < -0.39 is 11.6 Å². The maximum Gasteiger partial charge on any atom is 0.225 e. The van der Waals surface area contributed by atoms with Crippen molar-refractivity contribution in [2.45, 2.75) is 45.4 Å². The van der Waals surface area contributed by atoms with E-state index in [1.807, 2.05) is 12.4 Å². The molecule has 0 amide bonds. The Labute approximate surface area is 198 Å². The van der Waals surface area contributed by atoms with Crippen molar-refractivity contribution in [1.29, 1.82) is 0 Å². The Balaban J connectivity index is 1.22. The Kier molecular flexibility index (Phi) is 8.05. The first-order chi connectivity index (χ1) is 16.6. The first-order valence-electron chi connectivity index (χ1n) is 11.9. The van der Waals surface area contributed by atoms with Crippen LogP contribution in [0.3, 0.4) is 0 Å². The zero-order valence-electron chi connectivity index (χ0n) is 19.4. The third kappa shape index (κ3) is 5.88. The van der Waals surface area contributed by atoms with E-state index in [1.165, 1.54) is 18.2 Å². The van der Waals surface area contributed by atoms with Crippen LogP contribution >= 0.6 is 0 Å². The Morgan fingerprint density at radius 3 is 2.47 bits per heavy atom. The van der Waals surface area contributed by atoms with Gasteiger partial charge in [0, 0.05) is 56.3 Å². The number of hydrogen-bond acceptors (Lipinski definition) is 6. The zero-order valence-corrected chi connectivity index (χ0v) is 19.4. The SMILES string of the molecule is CCc1cnc(N2CCC(CCCOc3cc(F)c(-c4cc(CCO)[nH]n4)c(F)c3)CC2)nc1. The molecule has 1 aliphatic rings. The molecule has 1 aromatic carbocycles. The van der Waals surface area contributed by atoms with Crippen LogP contribution in [-0.4, -0.2) is 51.6 Å². The number of aliphatic hydroxyl groups excluding tert-OH is 1. The summed E-state index contributed by atoms with van der Waals surface area (Å²) in [4.78, 5) is 11.2. The van der Waals surface area contributed by atoms with Gasteiger partial charge in [-0.15, -0.1) is 0 Å². The number of ether oxygens (including phenoxy) is 1. The van der Waals surface area contributed by atoms with E-state index in [0.29, 0.717) is 24.6 Å². The van der Waals surface area contributed by atoms with Crippen LogP contribution in [0.5, 0.6) is 5.75 Å². The van der Waals surface area contributed by atoms with Gasteiger partial charge < -0.3 is 14.7 Å². The van der Waals surface area contributed by atoms with Crippen LogP contribution in [0, 0.1) is 17.6 Å². The van der Waals surface area contributed by atoms with Crippen molar-refractivity contribution in [2.75, 3.05) is 31.2 Å². The van der Waals surface area contributed by atoms with Crippen LogP contribution < -0.4 is 9.64 Å². The largest absolute Gasteiger partial charge is 0.493 e. The van der Waals surface area contributed by atoms with Gasteiger partial charge in [-0.05, 0) is 49.7 Å². The second-order valence-corrected chi connectivity index (χ2v) is 8.68. The topological polar surface area (TPSA) is 87.2 Å². The number of aliphatic hydroxyl groups is 1. The second-order valence-electron chi connectivity index (χ2n) is 8.68. The maximum atomic E-state index is 14.6. The van der Waals surface area contributed by atoms with Crippen molar-refractivity contribution in [2.24, 2.45) is 5.92 Å². The standard InChI is InChI=1S/C25H31F2N5O2/c1-2-17-15-28-25(29-16-17)32-8-5-18(6-9-32)4-3-11-34-20-13-21(26)24(22(27)14-20)23-12-19(7-10-33)30-31-23/h12-16,18,33H,2-11H2,1H3,(H,30,31).